The largest absolute Gasteiger partial charge is 0.249 e. The van der Waals surface area contributed by atoms with Crippen LogP contribution in [0.15, 0.2) is 76.2 Å². The van der Waals surface area contributed by atoms with Gasteiger partial charge in [-0.15, -0.1) is 5.73 Å². The van der Waals surface area contributed by atoms with Gasteiger partial charge in [-0.1, -0.05) is 43.8 Å². The van der Waals surface area contributed by atoms with Gasteiger partial charge < -0.3 is 0 Å². The molecule has 21 heavy (non-hydrogen) atoms. The Hall–Kier alpha value is -1.89. The molecule has 2 heteroatoms. The van der Waals surface area contributed by atoms with Crippen LogP contribution in [0.4, 0.5) is 0 Å². The number of hydrogen-bond donors (Lipinski definition) is 0. The van der Waals surface area contributed by atoms with Crippen LogP contribution in [0.2, 0.25) is 0 Å². The van der Waals surface area contributed by atoms with E-state index in [2.05, 4.69) is 19.2 Å². The molecule has 0 radical (unpaired) electrons. The second-order valence-corrected chi connectivity index (χ2v) is 6.46. The third-order valence-electron chi connectivity index (χ3n) is 3.48. The molecular formula is C19H20OS. The van der Waals surface area contributed by atoms with Crippen molar-refractivity contribution in [1.29, 1.82) is 0 Å². The maximum Gasteiger partial charge on any atom is 0.0852 e. The second-order valence-electron chi connectivity index (χ2n) is 5.01. The molecule has 2 rings (SSSR count). The molecule has 0 N–H and O–H groups in total. The van der Waals surface area contributed by atoms with Gasteiger partial charge in [0.1, 0.15) is 0 Å². The Morgan fingerprint density at radius 3 is 2.43 bits per heavy atom. The van der Waals surface area contributed by atoms with Crippen molar-refractivity contribution < 1.29 is 4.21 Å². The highest BCUT2D eigenvalue weighted by Crippen LogP contribution is 2.22. The van der Waals surface area contributed by atoms with Crippen molar-refractivity contribution >= 4 is 10.8 Å². The van der Waals surface area contributed by atoms with Gasteiger partial charge in [-0.3, -0.25) is 0 Å². The van der Waals surface area contributed by atoms with E-state index in [1.54, 1.807) is 0 Å². The highest BCUT2D eigenvalue weighted by Gasteiger charge is 2.11. The number of hydrogen-bond acceptors (Lipinski definition) is 1. The average Bonchev–Trinajstić information content (AvgIpc) is 2.54. The topological polar surface area (TPSA) is 17.1 Å². The molecule has 0 aromatic heterocycles. The molecule has 0 bridgehead atoms. The Kier molecular flexibility index (Phi) is 5.32. The van der Waals surface area contributed by atoms with E-state index < -0.39 is 10.8 Å². The third-order valence-corrected chi connectivity index (χ3v) is 4.97. The van der Waals surface area contributed by atoms with E-state index in [1.807, 2.05) is 55.5 Å². The minimum atomic E-state index is -1.15. The predicted octanol–water partition coefficient (Wildman–Crippen LogP) is 4.69. The van der Waals surface area contributed by atoms with Crippen LogP contribution >= 0.6 is 0 Å². The summed E-state index contributed by atoms with van der Waals surface area (Å²) in [7, 11) is -1.15. The summed E-state index contributed by atoms with van der Waals surface area (Å²) in [6.45, 7) is 7.78. The minimum absolute atomic E-state index is 0.735. The van der Waals surface area contributed by atoms with Crippen molar-refractivity contribution in [2.75, 3.05) is 0 Å². The van der Waals surface area contributed by atoms with E-state index in [9.17, 15) is 4.21 Å². The molecule has 1 unspecified atom stereocenters. The van der Waals surface area contributed by atoms with Crippen molar-refractivity contribution in [3.63, 3.8) is 0 Å². The standard InChI is InChI=1S/C19H20OS/c1-4-15(3)14-17-8-6-7-9-19(17)21(20)18-12-10-16(5-2)11-13-18/h6-13H,1,5,14H2,2-3H3. The summed E-state index contributed by atoms with van der Waals surface area (Å²) in [5.41, 5.74) is 6.29. The SMILES string of the molecule is C=C=C(C)Cc1ccccc1S(=O)c1ccc(CC)cc1. The van der Waals surface area contributed by atoms with Gasteiger partial charge in [-0.25, -0.2) is 4.21 Å². The summed E-state index contributed by atoms with van der Waals surface area (Å²) in [5, 5.41) is 0. The van der Waals surface area contributed by atoms with Crippen LogP contribution in [0.3, 0.4) is 0 Å². The number of benzene rings is 2. The molecule has 2 aromatic carbocycles. The Morgan fingerprint density at radius 2 is 1.81 bits per heavy atom. The van der Waals surface area contributed by atoms with E-state index >= 15 is 0 Å². The molecule has 0 saturated carbocycles. The summed E-state index contributed by atoms with van der Waals surface area (Å²) < 4.78 is 12.8. The van der Waals surface area contributed by atoms with Crippen LogP contribution in [0.1, 0.15) is 25.0 Å². The monoisotopic (exact) mass is 296 g/mol. The molecule has 0 amide bonds. The van der Waals surface area contributed by atoms with E-state index in [4.69, 9.17) is 0 Å². The first kappa shape index (κ1) is 15.5. The second kappa shape index (κ2) is 7.21. The van der Waals surface area contributed by atoms with Gasteiger partial charge in [0.25, 0.3) is 0 Å². The maximum absolute atomic E-state index is 12.8. The summed E-state index contributed by atoms with van der Waals surface area (Å²) in [4.78, 5) is 1.72. The molecule has 108 valence electrons. The Balaban J connectivity index is 2.36. The third kappa shape index (κ3) is 3.81. The van der Waals surface area contributed by atoms with Crippen molar-refractivity contribution in [3.05, 3.63) is 77.5 Å². The van der Waals surface area contributed by atoms with Crippen molar-refractivity contribution in [2.24, 2.45) is 0 Å². The molecule has 0 fully saturated rings. The van der Waals surface area contributed by atoms with Crippen molar-refractivity contribution in [1.82, 2.24) is 0 Å². The Morgan fingerprint density at radius 1 is 1.14 bits per heavy atom. The van der Waals surface area contributed by atoms with E-state index in [0.717, 1.165) is 33.8 Å². The molecule has 0 aliphatic carbocycles. The summed E-state index contributed by atoms with van der Waals surface area (Å²) >= 11 is 0. The lowest BCUT2D eigenvalue weighted by Gasteiger charge is -2.09. The Labute approximate surface area is 129 Å². The van der Waals surface area contributed by atoms with E-state index in [1.165, 1.54) is 5.56 Å². The first-order valence-corrected chi connectivity index (χ1v) is 8.24. The number of rotatable bonds is 5. The van der Waals surface area contributed by atoms with Gasteiger partial charge in [0.2, 0.25) is 0 Å². The Bertz CT molecular complexity index is 692. The molecule has 1 nitrogen and oxygen atoms in total. The molecule has 0 spiro atoms. The first-order valence-electron chi connectivity index (χ1n) is 7.09. The molecule has 2 aromatic rings. The van der Waals surface area contributed by atoms with Gasteiger partial charge in [0, 0.05) is 16.2 Å². The lowest BCUT2D eigenvalue weighted by molar-refractivity contribution is 0.682. The van der Waals surface area contributed by atoms with Crippen molar-refractivity contribution in [3.8, 4) is 0 Å². The van der Waals surface area contributed by atoms with Crippen LogP contribution in [0.5, 0.6) is 0 Å². The van der Waals surface area contributed by atoms with Crippen LogP contribution < -0.4 is 0 Å². The average molecular weight is 296 g/mol. The fourth-order valence-corrected chi connectivity index (χ4v) is 3.37. The van der Waals surface area contributed by atoms with Crippen molar-refractivity contribution in [2.45, 2.75) is 36.5 Å². The quantitative estimate of drug-likeness (QED) is 0.732. The van der Waals surface area contributed by atoms with Crippen LogP contribution in [-0.4, -0.2) is 4.21 Å². The van der Waals surface area contributed by atoms with Crippen LogP contribution in [0.25, 0.3) is 0 Å². The smallest absolute Gasteiger partial charge is 0.0852 e. The zero-order valence-corrected chi connectivity index (χ0v) is 13.4. The summed E-state index contributed by atoms with van der Waals surface area (Å²) in [6.07, 6.45) is 1.73. The summed E-state index contributed by atoms with van der Waals surface area (Å²) in [6, 6.07) is 15.9. The molecule has 0 aliphatic rings. The lowest BCUT2D eigenvalue weighted by atomic mass is 10.1. The predicted molar refractivity (Wildman–Crippen MR) is 89.0 cm³/mol. The zero-order valence-electron chi connectivity index (χ0n) is 12.6. The normalized spacial score (nSPS) is 11.7. The number of allylic oxidation sites excluding steroid dienone is 1. The van der Waals surface area contributed by atoms with E-state index in [-0.39, 0.29) is 0 Å². The first-order chi connectivity index (χ1) is 10.2. The molecule has 1 atom stereocenters. The molecule has 0 heterocycles. The zero-order chi connectivity index (χ0) is 15.2. The number of aryl methyl sites for hydroxylation is 1. The van der Waals surface area contributed by atoms with Gasteiger partial charge >= 0.3 is 0 Å². The van der Waals surface area contributed by atoms with Gasteiger partial charge in [0.05, 0.1) is 10.8 Å². The van der Waals surface area contributed by atoms with Gasteiger partial charge in [0.15, 0.2) is 0 Å². The van der Waals surface area contributed by atoms with E-state index in [0.29, 0.717) is 0 Å². The van der Waals surface area contributed by atoms with Crippen LogP contribution in [-0.2, 0) is 23.6 Å². The minimum Gasteiger partial charge on any atom is -0.249 e. The van der Waals surface area contributed by atoms with Crippen LogP contribution in [0, 0.1) is 0 Å². The molecule has 0 saturated heterocycles. The highest BCUT2D eigenvalue weighted by molar-refractivity contribution is 7.85. The molecular weight excluding hydrogens is 276 g/mol. The fraction of sp³-hybridized carbons (Fsp3) is 0.211. The fourth-order valence-electron chi connectivity index (χ4n) is 2.15. The van der Waals surface area contributed by atoms with Gasteiger partial charge in [-0.2, -0.15) is 0 Å². The molecule has 0 aliphatic heterocycles. The maximum atomic E-state index is 12.8. The highest BCUT2D eigenvalue weighted by atomic mass is 32.2. The van der Waals surface area contributed by atoms with Gasteiger partial charge in [-0.05, 0) is 48.2 Å². The lowest BCUT2D eigenvalue weighted by Crippen LogP contribution is -1.99. The summed E-state index contributed by atoms with van der Waals surface area (Å²) in [5.74, 6) is 0.